The highest BCUT2D eigenvalue weighted by atomic mass is 16.5. The minimum absolute atomic E-state index is 0.276. The van der Waals surface area contributed by atoms with Gasteiger partial charge in [-0.2, -0.15) is 0 Å². The molecular formula is C20H20N4O2. The Labute approximate surface area is 152 Å². The van der Waals surface area contributed by atoms with Crippen molar-refractivity contribution in [3.05, 3.63) is 77.6 Å². The maximum absolute atomic E-state index is 12.4. The number of ether oxygens (including phenoxy) is 1. The van der Waals surface area contributed by atoms with Gasteiger partial charge in [0.05, 0.1) is 7.11 Å². The van der Waals surface area contributed by atoms with E-state index in [0.29, 0.717) is 23.9 Å². The van der Waals surface area contributed by atoms with Crippen molar-refractivity contribution >= 4 is 17.5 Å². The summed E-state index contributed by atoms with van der Waals surface area (Å²) in [7, 11) is 1.63. The van der Waals surface area contributed by atoms with Crippen LogP contribution in [0.25, 0.3) is 0 Å². The van der Waals surface area contributed by atoms with Crippen LogP contribution in [0.5, 0.6) is 5.75 Å². The monoisotopic (exact) mass is 348 g/mol. The Balaban J connectivity index is 1.74. The minimum Gasteiger partial charge on any atom is -0.496 e. The highest BCUT2D eigenvalue weighted by Crippen LogP contribution is 2.18. The molecule has 0 aliphatic heterocycles. The normalized spacial score (nSPS) is 10.2. The maximum atomic E-state index is 12.4. The summed E-state index contributed by atoms with van der Waals surface area (Å²) in [5, 5.41) is 5.98. The van der Waals surface area contributed by atoms with E-state index in [-0.39, 0.29) is 5.91 Å². The van der Waals surface area contributed by atoms with Crippen molar-refractivity contribution in [2.45, 2.75) is 13.5 Å². The molecule has 0 atom stereocenters. The summed E-state index contributed by atoms with van der Waals surface area (Å²) in [6, 6.07) is 18.6. The first-order valence-corrected chi connectivity index (χ1v) is 8.23. The number of anilines is 2. The van der Waals surface area contributed by atoms with Gasteiger partial charge in [-0.25, -0.2) is 9.97 Å². The standard InChI is InChI=1S/C20H20N4O2/c1-14-12-17(19(25)23-16-9-4-3-5-10-16)24-20(22-14)21-13-15-8-6-7-11-18(15)26-2/h3-12H,13H2,1-2H3,(H,23,25)(H,21,22,24). The van der Waals surface area contributed by atoms with Gasteiger partial charge in [0.2, 0.25) is 5.95 Å². The third-order valence-corrected chi connectivity index (χ3v) is 3.75. The number of hydrogen-bond acceptors (Lipinski definition) is 5. The molecule has 3 rings (SSSR count). The van der Waals surface area contributed by atoms with Crippen LogP contribution in [0.3, 0.4) is 0 Å². The second-order valence-corrected chi connectivity index (χ2v) is 5.70. The molecule has 0 saturated carbocycles. The van der Waals surface area contributed by atoms with Gasteiger partial charge in [-0.15, -0.1) is 0 Å². The average Bonchev–Trinajstić information content (AvgIpc) is 2.67. The van der Waals surface area contributed by atoms with Gasteiger partial charge in [-0.3, -0.25) is 4.79 Å². The second kappa shape index (κ2) is 8.11. The second-order valence-electron chi connectivity index (χ2n) is 5.70. The van der Waals surface area contributed by atoms with E-state index in [2.05, 4.69) is 20.6 Å². The molecule has 0 aliphatic carbocycles. The SMILES string of the molecule is COc1ccccc1CNc1nc(C)cc(C(=O)Nc2ccccc2)n1. The predicted molar refractivity (Wildman–Crippen MR) is 101 cm³/mol. The van der Waals surface area contributed by atoms with E-state index in [4.69, 9.17) is 4.74 Å². The number of nitrogens with one attached hydrogen (secondary N) is 2. The summed E-state index contributed by atoms with van der Waals surface area (Å²) in [4.78, 5) is 21.1. The van der Waals surface area contributed by atoms with Crippen molar-refractivity contribution in [1.82, 2.24) is 9.97 Å². The molecular weight excluding hydrogens is 328 g/mol. The molecule has 6 heteroatoms. The van der Waals surface area contributed by atoms with Crippen molar-refractivity contribution in [2.24, 2.45) is 0 Å². The molecule has 2 aromatic carbocycles. The van der Waals surface area contributed by atoms with Crippen molar-refractivity contribution in [2.75, 3.05) is 17.7 Å². The van der Waals surface area contributed by atoms with Crippen LogP contribution in [0.2, 0.25) is 0 Å². The number of carbonyl (C=O) groups is 1. The van der Waals surface area contributed by atoms with Crippen LogP contribution in [0.4, 0.5) is 11.6 Å². The Kier molecular flexibility index (Phi) is 5.43. The Morgan fingerprint density at radius 2 is 1.77 bits per heavy atom. The van der Waals surface area contributed by atoms with Gasteiger partial charge in [0.1, 0.15) is 11.4 Å². The quantitative estimate of drug-likeness (QED) is 0.711. The molecule has 2 N–H and O–H groups in total. The van der Waals surface area contributed by atoms with Crippen LogP contribution in [0.15, 0.2) is 60.7 Å². The Morgan fingerprint density at radius 3 is 2.54 bits per heavy atom. The molecule has 26 heavy (non-hydrogen) atoms. The maximum Gasteiger partial charge on any atom is 0.274 e. The number of benzene rings is 2. The van der Waals surface area contributed by atoms with Crippen LogP contribution in [0, 0.1) is 6.92 Å². The van der Waals surface area contributed by atoms with Gasteiger partial charge in [0.25, 0.3) is 5.91 Å². The molecule has 1 aromatic heterocycles. The summed E-state index contributed by atoms with van der Waals surface area (Å²) < 4.78 is 5.34. The fourth-order valence-corrected chi connectivity index (χ4v) is 2.50. The zero-order valence-corrected chi connectivity index (χ0v) is 14.7. The van der Waals surface area contributed by atoms with E-state index in [0.717, 1.165) is 17.0 Å². The van der Waals surface area contributed by atoms with Gasteiger partial charge in [0, 0.05) is 23.5 Å². The van der Waals surface area contributed by atoms with Crippen LogP contribution in [-0.2, 0) is 6.54 Å². The van der Waals surface area contributed by atoms with Crippen LogP contribution >= 0.6 is 0 Å². The molecule has 1 heterocycles. The van der Waals surface area contributed by atoms with E-state index < -0.39 is 0 Å². The third kappa shape index (κ3) is 4.36. The fraction of sp³-hybridized carbons (Fsp3) is 0.150. The molecule has 6 nitrogen and oxygen atoms in total. The van der Waals surface area contributed by atoms with E-state index in [9.17, 15) is 4.79 Å². The Morgan fingerprint density at radius 1 is 1.04 bits per heavy atom. The summed E-state index contributed by atoms with van der Waals surface area (Å²) >= 11 is 0. The molecule has 3 aromatic rings. The summed E-state index contributed by atoms with van der Waals surface area (Å²) in [5.74, 6) is 0.908. The number of hydrogen-bond donors (Lipinski definition) is 2. The van der Waals surface area contributed by atoms with Gasteiger partial charge in [0.15, 0.2) is 0 Å². The van der Waals surface area contributed by atoms with Crippen LogP contribution < -0.4 is 15.4 Å². The molecule has 0 aliphatic rings. The minimum atomic E-state index is -0.276. The Hall–Kier alpha value is -3.41. The number of carbonyl (C=O) groups excluding carboxylic acids is 1. The summed E-state index contributed by atoms with van der Waals surface area (Å²) in [6.45, 7) is 2.32. The Bertz CT molecular complexity index is 897. The number of rotatable bonds is 6. The lowest BCUT2D eigenvalue weighted by molar-refractivity contribution is 0.102. The highest BCUT2D eigenvalue weighted by Gasteiger charge is 2.11. The number of aryl methyl sites for hydroxylation is 1. The van der Waals surface area contributed by atoms with Gasteiger partial charge < -0.3 is 15.4 Å². The number of nitrogens with zero attached hydrogens (tertiary/aromatic N) is 2. The fourth-order valence-electron chi connectivity index (χ4n) is 2.50. The molecule has 0 unspecified atom stereocenters. The van der Waals surface area contributed by atoms with Crippen molar-refractivity contribution in [1.29, 1.82) is 0 Å². The lowest BCUT2D eigenvalue weighted by Crippen LogP contribution is -2.16. The first-order valence-electron chi connectivity index (χ1n) is 8.23. The van der Waals surface area contributed by atoms with Crippen LogP contribution in [-0.4, -0.2) is 23.0 Å². The zero-order chi connectivity index (χ0) is 18.4. The van der Waals surface area contributed by atoms with Crippen molar-refractivity contribution in [3.63, 3.8) is 0 Å². The van der Waals surface area contributed by atoms with Crippen molar-refractivity contribution < 1.29 is 9.53 Å². The lowest BCUT2D eigenvalue weighted by atomic mass is 10.2. The molecule has 0 saturated heterocycles. The molecule has 0 fully saturated rings. The number of aromatic nitrogens is 2. The predicted octanol–water partition coefficient (Wildman–Crippen LogP) is 3.66. The first-order chi connectivity index (χ1) is 12.7. The first kappa shape index (κ1) is 17.4. The van der Waals surface area contributed by atoms with E-state index in [1.807, 2.05) is 61.5 Å². The van der Waals surface area contributed by atoms with Crippen LogP contribution in [0.1, 0.15) is 21.7 Å². The van der Waals surface area contributed by atoms with E-state index >= 15 is 0 Å². The zero-order valence-electron chi connectivity index (χ0n) is 14.7. The summed E-state index contributed by atoms with van der Waals surface area (Å²) in [5.41, 5.74) is 2.72. The van der Waals surface area contributed by atoms with E-state index in [1.165, 1.54) is 0 Å². The average molecular weight is 348 g/mol. The molecule has 1 amide bonds. The molecule has 132 valence electrons. The largest absolute Gasteiger partial charge is 0.496 e. The number of amides is 1. The third-order valence-electron chi connectivity index (χ3n) is 3.75. The number of para-hydroxylation sites is 2. The summed E-state index contributed by atoms with van der Waals surface area (Å²) in [6.07, 6.45) is 0. The highest BCUT2D eigenvalue weighted by molar-refractivity contribution is 6.03. The van der Waals surface area contributed by atoms with Gasteiger partial charge >= 0.3 is 0 Å². The topological polar surface area (TPSA) is 76.1 Å². The van der Waals surface area contributed by atoms with Gasteiger partial charge in [-0.1, -0.05) is 36.4 Å². The van der Waals surface area contributed by atoms with Crippen molar-refractivity contribution in [3.8, 4) is 5.75 Å². The molecule has 0 spiro atoms. The smallest absolute Gasteiger partial charge is 0.274 e. The molecule has 0 bridgehead atoms. The molecule has 0 radical (unpaired) electrons. The lowest BCUT2D eigenvalue weighted by Gasteiger charge is -2.11. The number of methoxy groups -OCH3 is 1. The van der Waals surface area contributed by atoms with Gasteiger partial charge in [-0.05, 0) is 31.2 Å². The van der Waals surface area contributed by atoms with E-state index in [1.54, 1.807) is 13.2 Å².